The molecular weight excluding hydrogens is 464 g/mol. The van der Waals surface area contributed by atoms with E-state index in [9.17, 15) is 14.4 Å². The number of benzene rings is 1. The Morgan fingerprint density at radius 2 is 1.89 bits per heavy atom. The standard InChI is InChI=1S/C26H32N4O6/c1-3-34-24(32)19-13-20-23(31)29(14-17-10-11-21-22(12-17)36-16-35-21)26(2,15-30(20)28-19)25(33)27-18-8-6-4-5-7-9-18/h10-13,18H,3-9,14-16H2,1-2H3,(H,27,33). The summed E-state index contributed by atoms with van der Waals surface area (Å²) in [6, 6.07) is 7.01. The van der Waals surface area contributed by atoms with E-state index in [2.05, 4.69) is 10.4 Å². The summed E-state index contributed by atoms with van der Waals surface area (Å²) in [4.78, 5) is 41.5. The molecule has 0 bridgehead atoms. The first kappa shape index (κ1) is 24.1. The van der Waals surface area contributed by atoms with Gasteiger partial charge >= 0.3 is 5.97 Å². The largest absolute Gasteiger partial charge is 0.461 e. The van der Waals surface area contributed by atoms with Crippen LogP contribution in [0.15, 0.2) is 24.3 Å². The molecule has 2 aromatic rings. The number of carbonyl (C=O) groups is 3. The summed E-state index contributed by atoms with van der Waals surface area (Å²) in [5.41, 5.74) is -0.111. The number of nitrogens with zero attached hydrogens (tertiary/aromatic N) is 3. The molecule has 1 fully saturated rings. The fourth-order valence-corrected chi connectivity index (χ4v) is 5.18. The van der Waals surface area contributed by atoms with Gasteiger partial charge in [0, 0.05) is 18.7 Å². The van der Waals surface area contributed by atoms with Gasteiger partial charge in [0.05, 0.1) is 13.2 Å². The average molecular weight is 497 g/mol. The van der Waals surface area contributed by atoms with Gasteiger partial charge in [-0.25, -0.2) is 4.79 Å². The number of nitrogens with one attached hydrogen (secondary N) is 1. The highest BCUT2D eigenvalue weighted by molar-refractivity contribution is 6.01. The maximum atomic E-state index is 13.8. The van der Waals surface area contributed by atoms with E-state index in [1.54, 1.807) is 24.8 Å². The minimum atomic E-state index is -1.22. The zero-order valence-corrected chi connectivity index (χ0v) is 20.7. The van der Waals surface area contributed by atoms with Gasteiger partial charge in [-0.05, 0) is 44.4 Å². The van der Waals surface area contributed by atoms with Crippen molar-refractivity contribution in [1.29, 1.82) is 0 Å². The van der Waals surface area contributed by atoms with Crippen molar-refractivity contribution in [2.24, 2.45) is 0 Å². The first-order valence-electron chi connectivity index (χ1n) is 12.7. The van der Waals surface area contributed by atoms with E-state index >= 15 is 0 Å². The highest BCUT2D eigenvalue weighted by Gasteiger charge is 2.48. The third kappa shape index (κ3) is 4.52. The fourth-order valence-electron chi connectivity index (χ4n) is 5.18. The maximum absolute atomic E-state index is 13.8. The molecule has 0 saturated heterocycles. The van der Waals surface area contributed by atoms with Gasteiger partial charge in [-0.1, -0.05) is 31.7 Å². The third-order valence-corrected chi connectivity index (χ3v) is 7.24. The normalized spacial score (nSPS) is 21.6. The van der Waals surface area contributed by atoms with Gasteiger partial charge in [0.15, 0.2) is 17.2 Å². The van der Waals surface area contributed by atoms with Crippen molar-refractivity contribution < 1.29 is 28.6 Å². The Labute approximate surface area is 209 Å². The van der Waals surface area contributed by atoms with E-state index < -0.39 is 11.5 Å². The number of fused-ring (bicyclic) bond motifs is 2. The Bertz CT molecular complexity index is 1170. The van der Waals surface area contributed by atoms with Gasteiger partial charge in [-0.3, -0.25) is 14.3 Å². The van der Waals surface area contributed by atoms with Crippen molar-refractivity contribution >= 4 is 17.8 Å². The van der Waals surface area contributed by atoms with E-state index in [0.717, 1.165) is 31.2 Å². The van der Waals surface area contributed by atoms with Gasteiger partial charge in [0.25, 0.3) is 5.91 Å². The SMILES string of the molecule is CCOC(=O)c1cc2n(n1)CC(C)(C(=O)NC1CCCCCC1)N(Cc1ccc3c(c1)OCO3)C2=O. The topological polar surface area (TPSA) is 112 Å². The summed E-state index contributed by atoms with van der Waals surface area (Å²) < 4.78 is 17.4. The minimum absolute atomic E-state index is 0.0525. The summed E-state index contributed by atoms with van der Waals surface area (Å²) in [5, 5.41) is 7.54. The Morgan fingerprint density at radius 3 is 2.64 bits per heavy atom. The molecule has 1 aromatic heterocycles. The second-order valence-corrected chi connectivity index (χ2v) is 9.81. The highest BCUT2D eigenvalue weighted by atomic mass is 16.7. The maximum Gasteiger partial charge on any atom is 0.358 e. The van der Waals surface area contributed by atoms with Crippen molar-refractivity contribution in [3.05, 3.63) is 41.2 Å². The molecule has 2 amide bonds. The molecule has 1 aromatic carbocycles. The lowest BCUT2D eigenvalue weighted by Crippen LogP contribution is -2.64. The molecule has 10 heteroatoms. The predicted octanol–water partition coefficient (Wildman–Crippen LogP) is 3.04. The van der Waals surface area contributed by atoms with E-state index in [1.807, 2.05) is 12.1 Å². The number of hydrogen-bond acceptors (Lipinski definition) is 7. The molecule has 3 heterocycles. The molecule has 2 aliphatic heterocycles. The van der Waals surface area contributed by atoms with Crippen molar-refractivity contribution in [1.82, 2.24) is 20.0 Å². The number of ether oxygens (including phenoxy) is 3. The predicted molar refractivity (Wildman–Crippen MR) is 129 cm³/mol. The van der Waals surface area contributed by atoms with Crippen LogP contribution in [0.2, 0.25) is 0 Å². The Hall–Kier alpha value is -3.56. The van der Waals surface area contributed by atoms with Crippen molar-refractivity contribution in [2.45, 2.75) is 77.0 Å². The van der Waals surface area contributed by atoms with Gasteiger partial charge in [0.1, 0.15) is 11.2 Å². The minimum Gasteiger partial charge on any atom is -0.461 e. The monoisotopic (exact) mass is 496 g/mol. The molecule has 10 nitrogen and oxygen atoms in total. The van der Waals surface area contributed by atoms with Crippen LogP contribution in [0.4, 0.5) is 0 Å². The van der Waals surface area contributed by atoms with Gasteiger partial charge in [-0.2, -0.15) is 5.10 Å². The number of hydrogen-bond donors (Lipinski definition) is 1. The molecule has 1 atom stereocenters. The number of esters is 1. The van der Waals surface area contributed by atoms with Crippen molar-refractivity contribution in [3.63, 3.8) is 0 Å². The Morgan fingerprint density at radius 1 is 1.14 bits per heavy atom. The van der Waals surface area contributed by atoms with Crippen LogP contribution >= 0.6 is 0 Å². The van der Waals surface area contributed by atoms with Gasteiger partial charge in [0.2, 0.25) is 12.7 Å². The molecule has 1 aliphatic carbocycles. The zero-order valence-electron chi connectivity index (χ0n) is 20.7. The number of aromatic nitrogens is 2. The molecule has 36 heavy (non-hydrogen) atoms. The molecule has 1 unspecified atom stereocenters. The van der Waals surface area contributed by atoms with Crippen molar-refractivity contribution in [3.8, 4) is 11.5 Å². The number of amides is 2. The van der Waals surface area contributed by atoms with E-state index in [4.69, 9.17) is 14.2 Å². The van der Waals surface area contributed by atoms with Crippen LogP contribution in [-0.2, 0) is 22.6 Å². The summed E-state index contributed by atoms with van der Waals surface area (Å²) in [7, 11) is 0. The number of carbonyl (C=O) groups excluding carboxylic acids is 3. The van der Waals surface area contributed by atoms with Crippen LogP contribution in [0.25, 0.3) is 0 Å². The third-order valence-electron chi connectivity index (χ3n) is 7.24. The zero-order chi connectivity index (χ0) is 25.3. The van der Waals surface area contributed by atoms with Crippen LogP contribution in [0, 0.1) is 0 Å². The summed E-state index contributed by atoms with van der Waals surface area (Å²) >= 11 is 0. The Kier molecular flexibility index (Phi) is 6.59. The summed E-state index contributed by atoms with van der Waals surface area (Å²) in [5.74, 6) is 0.0629. The fraction of sp³-hybridized carbons (Fsp3) is 0.538. The summed E-state index contributed by atoms with van der Waals surface area (Å²) in [6.45, 7) is 4.13. The average Bonchev–Trinajstić information content (AvgIpc) is 3.42. The summed E-state index contributed by atoms with van der Waals surface area (Å²) in [6.07, 6.45) is 6.36. The van der Waals surface area contributed by atoms with E-state index in [0.29, 0.717) is 11.5 Å². The first-order chi connectivity index (χ1) is 17.4. The van der Waals surface area contributed by atoms with Gasteiger partial charge < -0.3 is 24.4 Å². The molecule has 0 radical (unpaired) electrons. The van der Waals surface area contributed by atoms with Crippen LogP contribution in [0.3, 0.4) is 0 Å². The van der Waals surface area contributed by atoms with Crippen molar-refractivity contribution in [2.75, 3.05) is 13.4 Å². The van der Waals surface area contributed by atoms with Crippen LogP contribution < -0.4 is 14.8 Å². The van der Waals surface area contributed by atoms with Gasteiger partial charge in [-0.15, -0.1) is 0 Å². The highest BCUT2D eigenvalue weighted by Crippen LogP contribution is 2.35. The molecule has 1 saturated carbocycles. The lowest BCUT2D eigenvalue weighted by Gasteiger charge is -2.44. The molecule has 0 spiro atoms. The quantitative estimate of drug-likeness (QED) is 0.483. The second-order valence-electron chi connectivity index (χ2n) is 9.81. The molecule has 1 N–H and O–H groups in total. The van der Waals surface area contributed by atoms with Crippen LogP contribution in [0.5, 0.6) is 11.5 Å². The van der Waals surface area contributed by atoms with E-state index in [-0.39, 0.29) is 55.7 Å². The van der Waals surface area contributed by atoms with Crippen LogP contribution in [-0.4, -0.2) is 57.4 Å². The Balaban J connectivity index is 1.47. The lowest BCUT2D eigenvalue weighted by molar-refractivity contribution is -0.134. The molecular formula is C26H32N4O6. The smallest absolute Gasteiger partial charge is 0.358 e. The molecule has 5 rings (SSSR count). The lowest BCUT2D eigenvalue weighted by atomic mass is 9.93. The first-order valence-corrected chi connectivity index (χ1v) is 12.7. The molecule has 3 aliphatic rings. The molecule has 192 valence electrons. The van der Waals surface area contributed by atoms with E-state index in [1.165, 1.54) is 23.6 Å². The second kappa shape index (κ2) is 9.83. The number of rotatable bonds is 6. The van der Waals surface area contributed by atoms with Crippen LogP contribution in [0.1, 0.15) is 78.9 Å².